The van der Waals surface area contributed by atoms with Crippen molar-refractivity contribution in [2.75, 3.05) is 12.4 Å². The Bertz CT molecular complexity index is 674. The summed E-state index contributed by atoms with van der Waals surface area (Å²) in [6.07, 6.45) is 0. The minimum absolute atomic E-state index is 0.0528. The van der Waals surface area contributed by atoms with Crippen molar-refractivity contribution in [3.05, 3.63) is 59.2 Å². The Morgan fingerprint density at radius 3 is 2.57 bits per heavy atom. The SMILES string of the molecule is COC(=O)c1ccc(NCc2ccccc2O)c(F)c1F. The molecule has 0 bridgehead atoms. The van der Waals surface area contributed by atoms with Gasteiger partial charge in [0.1, 0.15) is 5.75 Å². The van der Waals surface area contributed by atoms with E-state index in [1.807, 2.05) is 0 Å². The Kier molecular flexibility index (Phi) is 4.37. The van der Waals surface area contributed by atoms with E-state index in [1.165, 1.54) is 12.1 Å². The summed E-state index contributed by atoms with van der Waals surface area (Å²) in [5.41, 5.74) is -0.0409. The van der Waals surface area contributed by atoms with Gasteiger partial charge in [-0.15, -0.1) is 0 Å². The van der Waals surface area contributed by atoms with Gasteiger partial charge in [0.05, 0.1) is 18.4 Å². The van der Waals surface area contributed by atoms with E-state index in [0.717, 1.165) is 13.2 Å². The third-order valence-electron chi connectivity index (χ3n) is 2.95. The van der Waals surface area contributed by atoms with Gasteiger partial charge >= 0.3 is 5.97 Å². The lowest BCUT2D eigenvalue weighted by Gasteiger charge is -2.10. The normalized spacial score (nSPS) is 10.2. The van der Waals surface area contributed by atoms with Crippen LogP contribution in [0.25, 0.3) is 0 Å². The molecule has 0 saturated carbocycles. The number of methoxy groups -OCH3 is 1. The lowest BCUT2D eigenvalue weighted by molar-refractivity contribution is 0.0594. The van der Waals surface area contributed by atoms with E-state index < -0.39 is 23.2 Å². The van der Waals surface area contributed by atoms with Gasteiger partial charge in [0.25, 0.3) is 0 Å². The van der Waals surface area contributed by atoms with Crippen molar-refractivity contribution in [3.63, 3.8) is 0 Å². The van der Waals surface area contributed by atoms with Gasteiger partial charge in [-0.2, -0.15) is 0 Å². The molecule has 0 aliphatic rings. The number of hydrogen-bond donors (Lipinski definition) is 2. The number of aromatic hydroxyl groups is 1. The number of para-hydroxylation sites is 1. The summed E-state index contributed by atoms with van der Waals surface area (Å²) in [5.74, 6) is -3.34. The molecule has 6 heteroatoms. The van der Waals surface area contributed by atoms with Crippen molar-refractivity contribution in [2.24, 2.45) is 0 Å². The van der Waals surface area contributed by atoms with Crippen LogP contribution in [0.15, 0.2) is 36.4 Å². The van der Waals surface area contributed by atoms with Crippen molar-refractivity contribution in [2.45, 2.75) is 6.54 Å². The van der Waals surface area contributed by atoms with Crippen LogP contribution in [0.4, 0.5) is 14.5 Å². The molecule has 0 amide bonds. The Hall–Kier alpha value is -2.63. The topological polar surface area (TPSA) is 58.6 Å². The molecule has 2 aromatic carbocycles. The number of anilines is 1. The molecule has 0 aromatic heterocycles. The quantitative estimate of drug-likeness (QED) is 0.851. The number of phenolic OH excluding ortho intramolecular Hbond substituents is 1. The summed E-state index contributed by atoms with van der Waals surface area (Å²) < 4.78 is 32.0. The van der Waals surface area contributed by atoms with Gasteiger partial charge in [-0.05, 0) is 18.2 Å². The summed E-state index contributed by atoms with van der Waals surface area (Å²) in [5, 5.41) is 12.3. The summed E-state index contributed by atoms with van der Waals surface area (Å²) in [7, 11) is 1.09. The Labute approximate surface area is 120 Å². The molecule has 0 fully saturated rings. The van der Waals surface area contributed by atoms with Crippen molar-refractivity contribution >= 4 is 11.7 Å². The molecule has 110 valence electrons. The molecule has 0 heterocycles. The third kappa shape index (κ3) is 3.10. The maximum atomic E-state index is 13.9. The van der Waals surface area contributed by atoms with Gasteiger partial charge in [0.15, 0.2) is 11.6 Å². The minimum Gasteiger partial charge on any atom is -0.508 e. The second-order valence-electron chi connectivity index (χ2n) is 4.26. The second kappa shape index (κ2) is 6.21. The average Bonchev–Trinajstić information content (AvgIpc) is 2.49. The number of benzene rings is 2. The van der Waals surface area contributed by atoms with E-state index in [9.17, 15) is 18.7 Å². The second-order valence-corrected chi connectivity index (χ2v) is 4.26. The number of hydrogen-bond acceptors (Lipinski definition) is 4. The standard InChI is InChI=1S/C15H13F2NO3/c1-21-15(20)10-6-7-11(14(17)13(10)16)18-8-9-4-2-3-5-12(9)19/h2-7,18-19H,8H2,1H3. The first kappa shape index (κ1) is 14.8. The Balaban J connectivity index is 2.20. The molecule has 2 rings (SSSR count). The van der Waals surface area contributed by atoms with Gasteiger partial charge in [-0.3, -0.25) is 0 Å². The third-order valence-corrected chi connectivity index (χ3v) is 2.95. The number of phenols is 1. The number of nitrogens with one attached hydrogen (secondary N) is 1. The van der Waals surface area contributed by atoms with E-state index in [0.29, 0.717) is 5.56 Å². The van der Waals surface area contributed by atoms with Crippen LogP contribution in [0.3, 0.4) is 0 Å². The van der Waals surface area contributed by atoms with Crippen LogP contribution in [0.2, 0.25) is 0 Å². The molecule has 0 unspecified atom stereocenters. The van der Waals surface area contributed by atoms with Gasteiger partial charge in [-0.1, -0.05) is 18.2 Å². The first-order valence-electron chi connectivity index (χ1n) is 6.11. The Morgan fingerprint density at radius 2 is 1.90 bits per heavy atom. The Morgan fingerprint density at radius 1 is 1.19 bits per heavy atom. The van der Waals surface area contributed by atoms with Crippen LogP contribution in [0, 0.1) is 11.6 Å². The highest BCUT2D eigenvalue weighted by Crippen LogP contribution is 2.23. The smallest absolute Gasteiger partial charge is 0.340 e. The number of carbonyl (C=O) groups is 1. The number of ether oxygens (including phenoxy) is 1. The van der Waals surface area contributed by atoms with E-state index in [4.69, 9.17) is 0 Å². The fourth-order valence-electron chi connectivity index (χ4n) is 1.80. The van der Waals surface area contributed by atoms with Crippen molar-refractivity contribution < 1.29 is 23.4 Å². The van der Waals surface area contributed by atoms with Crippen LogP contribution < -0.4 is 5.32 Å². The monoisotopic (exact) mass is 293 g/mol. The predicted octanol–water partition coefficient (Wildman–Crippen LogP) is 3.07. The van der Waals surface area contributed by atoms with E-state index >= 15 is 0 Å². The molecule has 21 heavy (non-hydrogen) atoms. The highest BCUT2D eigenvalue weighted by molar-refractivity contribution is 5.90. The minimum atomic E-state index is -1.27. The maximum absolute atomic E-state index is 13.9. The highest BCUT2D eigenvalue weighted by Gasteiger charge is 2.19. The molecule has 0 atom stereocenters. The van der Waals surface area contributed by atoms with Crippen LogP contribution in [0.5, 0.6) is 5.75 Å². The zero-order valence-electron chi connectivity index (χ0n) is 11.2. The number of rotatable bonds is 4. The molecule has 2 N–H and O–H groups in total. The van der Waals surface area contributed by atoms with Crippen LogP contribution >= 0.6 is 0 Å². The molecule has 2 aromatic rings. The number of halogens is 2. The number of carbonyl (C=O) groups excluding carboxylic acids is 1. The van der Waals surface area contributed by atoms with Crippen LogP contribution in [0.1, 0.15) is 15.9 Å². The van der Waals surface area contributed by atoms with Gasteiger partial charge < -0.3 is 15.2 Å². The molecular weight excluding hydrogens is 280 g/mol. The molecule has 0 spiro atoms. The fourth-order valence-corrected chi connectivity index (χ4v) is 1.80. The van der Waals surface area contributed by atoms with Gasteiger partial charge in [-0.25, -0.2) is 13.6 Å². The summed E-state index contributed by atoms with van der Waals surface area (Å²) in [6.45, 7) is 0.112. The van der Waals surface area contributed by atoms with E-state index in [2.05, 4.69) is 10.1 Å². The molecular formula is C15H13F2NO3. The maximum Gasteiger partial charge on any atom is 0.340 e. The largest absolute Gasteiger partial charge is 0.508 e. The molecule has 0 radical (unpaired) electrons. The zero-order chi connectivity index (χ0) is 15.4. The predicted molar refractivity (Wildman–Crippen MR) is 73.1 cm³/mol. The van der Waals surface area contributed by atoms with Gasteiger partial charge in [0.2, 0.25) is 0 Å². The zero-order valence-corrected chi connectivity index (χ0v) is 11.2. The summed E-state index contributed by atoms with van der Waals surface area (Å²) in [6, 6.07) is 8.90. The van der Waals surface area contributed by atoms with Crippen molar-refractivity contribution in [1.82, 2.24) is 0 Å². The van der Waals surface area contributed by atoms with Crippen molar-refractivity contribution in [3.8, 4) is 5.75 Å². The van der Waals surface area contributed by atoms with Crippen molar-refractivity contribution in [1.29, 1.82) is 0 Å². The van der Waals surface area contributed by atoms with E-state index in [-0.39, 0.29) is 18.0 Å². The molecule has 0 saturated heterocycles. The first-order valence-corrected chi connectivity index (χ1v) is 6.11. The first-order chi connectivity index (χ1) is 10.0. The van der Waals surface area contributed by atoms with E-state index in [1.54, 1.807) is 18.2 Å². The fraction of sp³-hybridized carbons (Fsp3) is 0.133. The van der Waals surface area contributed by atoms with Gasteiger partial charge in [0, 0.05) is 12.1 Å². The summed E-state index contributed by atoms with van der Waals surface area (Å²) >= 11 is 0. The molecule has 0 aliphatic heterocycles. The lowest BCUT2D eigenvalue weighted by Crippen LogP contribution is -2.09. The average molecular weight is 293 g/mol. The highest BCUT2D eigenvalue weighted by atomic mass is 19.2. The molecule has 4 nitrogen and oxygen atoms in total. The molecule has 0 aliphatic carbocycles. The van der Waals surface area contributed by atoms with Crippen LogP contribution in [-0.2, 0) is 11.3 Å². The van der Waals surface area contributed by atoms with Crippen LogP contribution in [-0.4, -0.2) is 18.2 Å². The lowest BCUT2D eigenvalue weighted by atomic mass is 10.1. The number of esters is 1. The summed E-state index contributed by atoms with van der Waals surface area (Å²) in [4.78, 5) is 11.2.